The smallest absolute Gasteiger partial charge is 0.221 e. The largest absolute Gasteiger partial charge is 0.493 e. The minimum absolute atomic E-state index is 0.123. The highest BCUT2D eigenvalue weighted by Gasteiger charge is 2.13. The summed E-state index contributed by atoms with van der Waals surface area (Å²) >= 11 is 12.5. The molecule has 2 aromatic carbocycles. The number of benzene rings is 2. The SMILES string of the molecule is CNc1c(Cl)cc(CCNCCCNc2cc(OC)c(OC)cc2CC(N)=O)cc1Cl. The Labute approximate surface area is 193 Å². The summed E-state index contributed by atoms with van der Waals surface area (Å²) in [6, 6.07) is 7.46. The van der Waals surface area contributed by atoms with Crippen LogP contribution in [0.15, 0.2) is 24.3 Å². The number of nitrogens with two attached hydrogens (primary N) is 1. The number of primary amides is 1. The number of nitrogens with one attached hydrogen (secondary N) is 3. The van der Waals surface area contributed by atoms with Crippen LogP contribution >= 0.6 is 23.2 Å². The van der Waals surface area contributed by atoms with Crippen LogP contribution in [0.3, 0.4) is 0 Å². The highest BCUT2D eigenvalue weighted by Crippen LogP contribution is 2.34. The van der Waals surface area contributed by atoms with Crippen molar-refractivity contribution in [2.24, 2.45) is 5.73 Å². The van der Waals surface area contributed by atoms with Gasteiger partial charge in [-0.2, -0.15) is 0 Å². The number of rotatable bonds is 13. The summed E-state index contributed by atoms with van der Waals surface area (Å²) < 4.78 is 10.7. The molecule has 0 saturated heterocycles. The number of hydrogen-bond donors (Lipinski definition) is 4. The summed E-state index contributed by atoms with van der Waals surface area (Å²) in [4.78, 5) is 11.4. The molecule has 1 amide bonds. The van der Waals surface area contributed by atoms with Gasteiger partial charge in [-0.25, -0.2) is 0 Å². The van der Waals surface area contributed by atoms with Crippen molar-refractivity contribution < 1.29 is 14.3 Å². The van der Waals surface area contributed by atoms with Crippen LogP contribution in [0.1, 0.15) is 17.5 Å². The molecule has 0 saturated carbocycles. The molecule has 2 aromatic rings. The van der Waals surface area contributed by atoms with E-state index in [1.807, 2.05) is 18.2 Å². The van der Waals surface area contributed by atoms with E-state index in [2.05, 4.69) is 16.0 Å². The number of carbonyl (C=O) groups excluding carboxylic acids is 1. The van der Waals surface area contributed by atoms with Gasteiger partial charge in [-0.05, 0) is 55.3 Å². The van der Waals surface area contributed by atoms with Crippen molar-refractivity contribution in [2.75, 3.05) is 51.5 Å². The highest BCUT2D eigenvalue weighted by molar-refractivity contribution is 6.39. The van der Waals surface area contributed by atoms with Gasteiger partial charge in [0.1, 0.15) is 0 Å². The molecule has 0 radical (unpaired) electrons. The zero-order valence-electron chi connectivity index (χ0n) is 18.1. The van der Waals surface area contributed by atoms with E-state index in [1.54, 1.807) is 27.3 Å². The van der Waals surface area contributed by atoms with E-state index in [1.165, 1.54) is 0 Å². The van der Waals surface area contributed by atoms with Gasteiger partial charge in [0, 0.05) is 25.3 Å². The Bertz CT molecular complexity index is 870. The van der Waals surface area contributed by atoms with Crippen LogP contribution in [0.5, 0.6) is 11.5 Å². The summed E-state index contributed by atoms with van der Waals surface area (Å²) in [6.45, 7) is 2.37. The Balaban J connectivity index is 1.81. The molecule has 0 aliphatic heterocycles. The molecule has 7 nitrogen and oxygen atoms in total. The minimum atomic E-state index is -0.403. The topological polar surface area (TPSA) is 97.6 Å². The molecule has 0 aliphatic rings. The fourth-order valence-electron chi connectivity index (χ4n) is 3.22. The van der Waals surface area contributed by atoms with Gasteiger partial charge in [-0.3, -0.25) is 4.79 Å². The lowest BCUT2D eigenvalue weighted by Crippen LogP contribution is -2.21. The van der Waals surface area contributed by atoms with Gasteiger partial charge in [0.05, 0.1) is 36.4 Å². The third-order valence-electron chi connectivity index (χ3n) is 4.76. The lowest BCUT2D eigenvalue weighted by molar-refractivity contribution is -0.117. The molecule has 9 heteroatoms. The summed E-state index contributed by atoms with van der Waals surface area (Å²) in [7, 11) is 4.93. The first-order valence-corrected chi connectivity index (χ1v) is 10.8. The molecule has 2 rings (SSSR count). The fraction of sp³-hybridized carbons (Fsp3) is 0.409. The number of methoxy groups -OCH3 is 2. The summed E-state index contributed by atoms with van der Waals surface area (Å²) in [5.74, 6) is 0.756. The van der Waals surface area contributed by atoms with Crippen molar-refractivity contribution >= 4 is 40.5 Å². The third kappa shape index (κ3) is 7.38. The number of carbonyl (C=O) groups is 1. The van der Waals surface area contributed by atoms with Crippen LogP contribution in [-0.4, -0.2) is 46.8 Å². The molecule has 0 unspecified atom stereocenters. The van der Waals surface area contributed by atoms with E-state index in [0.29, 0.717) is 21.5 Å². The van der Waals surface area contributed by atoms with E-state index in [0.717, 1.165) is 55.0 Å². The van der Waals surface area contributed by atoms with Gasteiger partial charge in [-0.15, -0.1) is 0 Å². The molecular formula is C22H30Cl2N4O3. The van der Waals surface area contributed by atoms with Gasteiger partial charge in [0.25, 0.3) is 0 Å². The summed E-state index contributed by atoms with van der Waals surface area (Å²) in [5, 5.41) is 11.0. The second kappa shape index (κ2) is 12.5. The second-order valence-corrected chi connectivity index (χ2v) is 7.79. The van der Waals surface area contributed by atoms with Gasteiger partial charge in [-0.1, -0.05) is 23.2 Å². The molecule has 0 spiro atoms. The molecule has 5 N–H and O–H groups in total. The van der Waals surface area contributed by atoms with Gasteiger partial charge in [0.2, 0.25) is 5.91 Å². The molecule has 0 fully saturated rings. The predicted octanol–water partition coefficient (Wildman–Crippen LogP) is 3.71. The maximum atomic E-state index is 11.4. The van der Waals surface area contributed by atoms with E-state index >= 15 is 0 Å². The van der Waals surface area contributed by atoms with Crippen molar-refractivity contribution in [3.63, 3.8) is 0 Å². The number of ether oxygens (including phenoxy) is 2. The Morgan fingerprint density at radius 1 is 1.00 bits per heavy atom. The standard InChI is InChI=1S/C22H30Cl2N4O3/c1-26-22-16(23)9-14(10-17(22)24)5-8-27-6-4-7-28-18-13-20(31-3)19(30-2)11-15(18)12-21(25)29/h9-11,13,26-28H,4-8,12H2,1-3H3,(H2,25,29). The van der Waals surface area contributed by atoms with Crippen LogP contribution in [0.25, 0.3) is 0 Å². The Morgan fingerprint density at radius 3 is 2.23 bits per heavy atom. The minimum Gasteiger partial charge on any atom is -0.493 e. The van der Waals surface area contributed by atoms with Gasteiger partial charge < -0.3 is 31.2 Å². The molecule has 31 heavy (non-hydrogen) atoms. The van der Waals surface area contributed by atoms with Crippen molar-refractivity contribution in [3.05, 3.63) is 45.4 Å². The Kier molecular flexibility index (Phi) is 10.0. The maximum Gasteiger partial charge on any atom is 0.221 e. The van der Waals surface area contributed by atoms with E-state index in [9.17, 15) is 4.79 Å². The number of halogens is 2. The third-order valence-corrected chi connectivity index (χ3v) is 5.36. The van der Waals surface area contributed by atoms with Crippen molar-refractivity contribution in [3.8, 4) is 11.5 Å². The fourth-order valence-corrected chi connectivity index (χ4v) is 3.94. The number of hydrogen-bond acceptors (Lipinski definition) is 6. The van der Waals surface area contributed by atoms with Crippen LogP contribution in [0.4, 0.5) is 11.4 Å². The first kappa shape index (κ1) is 24.9. The number of amides is 1. The zero-order chi connectivity index (χ0) is 22.8. The average Bonchev–Trinajstić information content (AvgIpc) is 2.73. The molecular weight excluding hydrogens is 439 g/mol. The van der Waals surface area contributed by atoms with Gasteiger partial charge in [0.15, 0.2) is 11.5 Å². The quantitative estimate of drug-likeness (QED) is 0.334. The van der Waals surface area contributed by atoms with Crippen LogP contribution in [0, 0.1) is 0 Å². The molecule has 0 atom stereocenters. The Hall–Kier alpha value is -2.35. The summed E-state index contributed by atoms with van der Waals surface area (Å²) in [5.41, 5.74) is 8.80. The number of anilines is 2. The van der Waals surface area contributed by atoms with E-state index in [4.69, 9.17) is 38.4 Å². The van der Waals surface area contributed by atoms with E-state index in [-0.39, 0.29) is 6.42 Å². The molecule has 0 heterocycles. The first-order chi connectivity index (χ1) is 14.9. The van der Waals surface area contributed by atoms with Crippen LogP contribution in [0.2, 0.25) is 10.0 Å². The van der Waals surface area contributed by atoms with E-state index < -0.39 is 5.91 Å². The van der Waals surface area contributed by atoms with Crippen LogP contribution < -0.4 is 31.2 Å². The average molecular weight is 469 g/mol. The molecule has 170 valence electrons. The van der Waals surface area contributed by atoms with Crippen LogP contribution in [-0.2, 0) is 17.6 Å². The molecule has 0 bridgehead atoms. The normalized spacial score (nSPS) is 10.6. The highest BCUT2D eigenvalue weighted by atomic mass is 35.5. The summed E-state index contributed by atoms with van der Waals surface area (Å²) in [6.07, 6.45) is 1.85. The molecule has 0 aliphatic carbocycles. The van der Waals surface area contributed by atoms with Gasteiger partial charge >= 0.3 is 0 Å². The van der Waals surface area contributed by atoms with Crippen molar-refractivity contribution in [2.45, 2.75) is 19.3 Å². The van der Waals surface area contributed by atoms with Crippen molar-refractivity contribution in [1.29, 1.82) is 0 Å². The predicted molar refractivity (Wildman–Crippen MR) is 128 cm³/mol. The zero-order valence-corrected chi connectivity index (χ0v) is 19.6. The monoisotopic (exact) mass is 468 g/mol. The lowest BCUT2D eigenvalue weighted by atomic mass is 10.1. The maximum absolute atomic E-state index is 11.4. The second-order valence-electron chi connectivity index (χ2n) is 6.97. The van der Waals surface area contributed by atoms with Crippen molar-refractivity contribution in [1.82, 2.24) is 5.32 Å². The Morgan fingerprint density at radius 2 is 1.65 bits per heavy atom. The first-order valence-electron chi connectivity index (χ1n) is 10.0. The lowest BCUT2D eigenvalue weighted by Gasteiger charge is -2.16. The molecule has 0 aromatic heterocycles.